The summed E-state index contributed by atoms with van der Waals surface area (Å²) in [7, 11) is 0. The average molecular weight is 397 g/mol. The fourth-order valence-electron chi connectivity index (χ4n) is 16.3. The maximum Gasteiger partial charge on any atom is -0.0111 e. The van der Waals surface area contributed by atoms with Gasteiger partial charge in [0.2, 0.25) is 0 Å². The average Bonchev–Trinajstić information content (AvgIpc) is 2.86. The van der Waals surface area contributed by atoms with Gasteiger partial charge in [-0.15, -0.1) is 0 Å². The van der Waals surface area contributed by atoms with Crippen molar-refractivity contribution in [2.24, 2.45) is 78.3 Å². The highest BCUT2D eigenvalue weighted by Gasteiger charge is 3.05. The van der Waals surface area contributed by atoms with Crippen LogP contribution in [-0.4, -0.2) is 0 Å². The molecule has 0 heterocycles. The van der Waals surface area contributed by atoms with E-state index in [4.69, 9.17) is 0 Å². The molecule has 0 aromatic heterocycles. The molecule has 11 unspecified atom stereocenters. The highest BCUT2D eigenvalue weighted by atomic mass is 15.1. The van der Waals surface area contributed by atoms with Crippen LogP contribution in [0.3, 0.4) is 0 Å². The quantitative estimate of drug-likeness (QED) is 0.420. The summed E-state index contributed by atoms with van der Waals surface area (Å²) in [5.41, 5.74) is 4.22. The first-order valence-electron chi connectivity index (χ1n) is 12.9. The van der Waals surface area contributed by atoms with Crippen molar-refractivity contribution in [1.29, 1.82) is 0 Å². The van der Waals surface area contributed by atoms with E-state index in [-0.39, 0.29) is 0 Å². The molecule has 0 nitrogen and oxygen atoms in total. The predicted octanol–water partition coefficient (Wildman–Crippen LogP) is 8.07. The third-order valence-corrected chi connectivity index (χ3v) is 16.2. The van der Waals surface area contributed by atoms with Gasteiger partial charge in [-0.2, -0.15) is 0 Å². The molecule has 6 rings (SSSR count). The van der Waals surface area contributed by atoms with Crippen LogP contribution >= 0.6 is 0 Å². The smallest absolute Gasteiger partial charge is 0.0111 e. The molecule has 6 saturated carbocycles. The van der Waals surface area contributed by atoms with Crippen molar-refractivity contribution >= 4 is 0 Å². The summed E-state index contributed by atoms with van der Waals surface area (Å²) in [5, 5.41) is 0. The zero-order valence-corrected chi connectivity index (χ0v) is 21.8. The van der Waals surface area contributed by atoms with Crippen molar-refractivity contribution in [3.05, 3.63) is 0 Å². The van der Waals surface area contributed by atoms with E-state index in [2.05, 4.69) is 90.0 Å². The number of fused-ring (bicyclic) bond motifs is 1. The summed E-state index contributed by atoms with van der Waals surface area (Å²) >= 11 is 0. The lowest BCUT2D eigenvalue weighted by atomic mass is 9.03. The maximum atomic E-state index is 2.81. The molecule has 3 bridgehead atoms. The van der Waals surface area contributed by atoms with Crippen molar-refractivity contribution in [3.8, 4) is 0 Å². The van der Waals surface area contributed by atoms with Gasteiger partial charge in [0.15, 0.2) is 0 Å². The van der Waals surface area contributed by atoms with Gasteiger partial charge in [-0.1, -0.05) is 90.0 Å². The third-order valence-electron chi connectivity index (χ3n) is 16.2. The largest absolute Gasteiger partial charge is 0.0622 e. The third kappa shape index (κ3) is 1.05. The highest BCUT2D eigenvalue weighted by Crippen LogP contribution is 3.09. The van der Waals surface area contributed by atoms with E-state index in [1.165, 1.54) is 12.8 Å². The summed E-state index contributed by atoms with van der Waals surface area (Å²) in [6, 6.07) is 0. The standard InChI is InChI=1S/C29H48/c1-16(2)24(10)26(12)20-17(3)19-21(5,6)14-28-15-23(20,9)29(19,28)18(4)25(26,11)27(24,13)22(28,7)8/h16-20H,14-15H2,1-13H3. The normalized spacial score (nSPS) is 71.8. The van der Waals surface area contributed by atoms with Crippen LogP contribution in [0.4, 0.5) is 0 Å². The minimum absolute atomic E-state index is 0.389. The minimum Gasteiger partial charge on any atom is -0.0622 e. The van der Waals surface area contributed by atoms with E-state index in [1.807, 2.05) is 0 Å². The molecule has 0 radical (unpaired) electrons. The van der Waals surface area contributed by atoms with Crippen LogP contribution in [0.1, 0.15) is 103 Å². The van der Waals surface area contributed by atoms with Gasteiger partial charge >= 0.3 is 0 Å². The van der Waals surface area contributed by atoms with Crippen molar-refractivity contribution in [3.63, 3.8) is 0 Å². The van der Waals surface area contributed by atoms with Crippen LogP contribution in [0.2, 0.25) is 0 Å². The Bertz CT molecular complexity index is 863. The Labute approximate surface area is 181 Å². The van der Waals surface area contributed by atoms with Gasteiger partial charge in [0.1, 0.15) is 0 Å². The van der Waals surface area contributed by atoms with Gasteiger partial charge in [-0.3, -0.25) is 0 Å². The van der Waals surface area contributed by atoms with E-state index < -0.39 is 0 Å². The Balaban J connectivity index is 1.83. The Hall–Kier alpha value is 0. The van der Waals surface area contributed by atoms with Gasteiger partial charge in [0.25, 0.3) is 0 Å². The summed E-state index contributed by atoms with van der Waals surface area (Å²) < 4.78 is 0. The lowest BCUT2D eigenvalue weighted by Gasteiger charge is -3.00. The molecular weight excluding hydrogens is 348 g/mol. The zero-order valence-electron chi connectivity index (χ0n) is 21.8. The molecule has 11 atom stereocenters. The molecule has 6 aliphatic carbocycles. The molecule has 0 aliphatic heterocycles. The van der Waals surface area contributed by atoms with Crippen molar-refractivity contribution in [2.45, 2.75) is 103 Å². The van der Waals surface area contributed by atoms with Gasteiger partial charge in [0.05, 0.1) is 0 Å². The molecule has 6 fully saturated rings. The molecule has 164 valence electrons. The van der Waals surface area contributed by atoms with E-state index >= 15 is 0 Å². The van der Waals surface area contributed by atoms with Gasteiger partial charge in [-0.05, 0) is 91.2 Å². The first kappa shape index (κ1) is 19.7. The molecule has 29 heavy (non-hydrogen) atoms. The van der Waals surface area contributed by atoms with E-state index in [9.17, 15) is 0 Å². The van der Waals surface area contributed by atoms with Crippen LogP contribution in [0, 0.1) is 78.3 Å². The van der Waals surface area contributed by atoms with Crippen LogP contribution in [0.5, 0.6) is 0 Å². The second kappa shape index (κ2) is 4.05. The summed E-state index contributed by atoms with van der Waals surface area (Å²) in [5.74, 6) is 4.25. The minimum atomic E-state index is 0.389. The fourth-order valence-corrected chi connectivity index (χ4v) is 16.3. The molecule has 0 aromatic rings. The number of hydrogen-bond donors (Lipinski definition) is 0. The topological polar surface area (TPSA) is 0 Å². The maximum absolute atomic E-state index is 2.81. The van der Waals surface area contributed by atoms with Crippen LogP contribution in [0.25, 0.3) is 0 Å². The molecule has 0 amide bonds. The van der Waals surface area contributed by atoms with E-state index in [0.717, 1.165) is 29.6 Å². The van der Waals surface area contributed by atoms with Crippen molar-refractivity contribution < 1.29 is 0 Å². The van der Waals surface area contributed by atoms with Crippen LogP contribution < -0.4 is 0 Å². The second-order valence-corrected chi connectivity index (χ2v) is 15.8. The summed E-state index contributed by atoms with van der Waals surface area (Å²) in [6.07, 6.45) is 2.99. The number of rotatable bonds is 1. The molecule has 6 aliphatic rings. The lowest BCUT2D eigenvalue weighted by Crippen LogP contribution is -2.96. The summed E-state index contributed by atoms with van der Waals surface area (Å²) in [4.78, 5) is 0. The Morgan fingerprint density at radius 3 is 1.79 bits per heavy atom. The number of hydrogen-bond acceptors (Lipinski definition) is 0. The molecule has 0 heteroatoms. The predicted molar refractivity (Wildman–Crippen MR) is 122 cm³/mol. The lowest BCUT2D eigenvalue weighted by molar-refractivity contribution is -0.537. The first-order chi connectivity index (χ1) is 12.9. The van der Waals surface area contributed by atoms with Gasteiger partial charge in [-0.25, -0.2) is 0 Å². The molecule has 1 spiro atoms. The monoisotopic (exact) mass is 396 g/mol. The van der Waals surface area contributed by atoms with Crippen LogP contribution in [-0.2, 0) is 0 Å². The van der Waals surface area contributed by atoms with Gasteiger partial charge in [0, 0.05) is 0 Å². The summed E-state index contributed by atoms with van der Waals surface area (Å²) in [6.45, 7) is 35.5. The zero-order chi connectivity index (χ0) is 21.8. The molecule has 0 saturated heterocycles. The van der Waals surface area contributed by atoms with Crippen LogP contribution in [0.15, 0.2) is 0 Å². The highest BCUT2D eigenvalue weighted by molar-refractivity contribution is 5.52. The molecule has 0 N–H and O–H groups in total. The van der Waals surface area contributed by atoms with E-state index in [1.54, 1.807) is 0 Å². The fraction of sp³-hybridized carbons (Fsp3) is 1.00. The molecule has 0 aromatic carbocycles. The van der Waals surface area contributed by atoms with Crippen molar-refractivity contribution in [2.75, 3.05) is 0 Å². The Morgan fingerprint density at radius 2 is 1.28 bits per heavy atom. The molecular formula is C29H48. The Kier molecular flexibility index (Phi) is 2.75. The SMILES string of the molecule is CC1C2C3(C)CC45CC(C)(C)C1C34C(C)C1(C)C2(C)C(C)(C(C)C)C1(C)C5(C)C. The van der Waals surface area contributed by atoms with Gasteiger partial charge < -0.3 is 0 Å². The van der Waals surface area contributed by atoms with E-state index in [0.29, 0.717) is 48.7 Å². The van der Waals surface area contributed by atoms with Crippen molar-refractivity contribution in [1.82, 2.24) is 0 Å². The first-order valence-corrected chi connectivity index (χ1v) is 12.9. The second-order valence-electron chi connectivity index (χ2n) is 15.8. The Morgan fingerprint density at radius 1 is 0.724 bits per heavy atom.